The van der Waals surface area contributed by atoms with Crippen LogP contribution in [-0.4, -0.2) is 37.7 Å². The summed E-state index contributed by atoms with van der Waals surface area (Å²) in [5, 5.41) is 25.0. The number of esters is 1. The Morgan fingerprint density at radius 2 is 2.03 bits per heavy atom. The summed E-state index contributed by atoms with van der Waals surface area (Å²) in [5.74, 6) is -1.22. The van der Waals surface area contributed by atoms with Gasteiger partial charge in [-0.3, -0.25) is 9.59 Å². The van der Waals surface area contributed by atoms with E-state index in [1.54, 1.807) is 17.6 Å². The van der Waals surface area contributed by atoms with Gasteiger partial charge in [0.05, 0.1) is 35.1 Å². The van der Waals surface area contributed by atoms with E-state index in [2.05, 4.69) is 12.2 Å². The molecule has 192 valence electrons. The van der Waals surface area contributed by atoms with Crippen LogP contribution in [0.5, 0.6) is 0 Å². The summed E-state index contributed by atoms with van der Waals surface area (Å²) >= 11 is 0. The summed E-state index contributed by atoms with van der Waals surface area (Å²) in [6.07, 6.45) is 0.329. The molecular weight excluding hydrogens is 474 g/mol. The monoisotopic (exact) mass is 503 g/mol. The summed E-state index contributed by atoms with van der Waals surface area (Å²) in [7, 11) is 0. The third-order valence-electron chi connectivity index (χ3n) is 8.40. The lowest BCUT2D eigenvalue weighted by Gasteiger charge is -2.31. The lowest BCUT2D eigenvalue weighted by atomic mass is 9.80. The molecule has 9 heteroatoms. The Morgan fingerprint density at radius 3 is 2.73 bits per heavy atom. The molecule has 4 heterocycles. The number of aliphatic hydroxyl groups excluding tert-OH is 1. The Morgan fingerprint density at radius 1 is 1.27 bits per heavy atom. The molecule has 9 nitrogen and oxygen atoms in total. The topological polar surface area (TPSA) is 131 Å². The molecule has 0 saturated heterocycles. The molecular formula is C28H29N3O6. The fourth-order valence-electron chi connectivity index (χ4n) is 6.17. The summed E-state index contributed by atoms with van der Waals surface area (Å²) in [6, 6.07) is 3.37. The van der Waals surface area contributed by atoms with Crippen LogP contribution in [0, 0.1) is 13.8 Å². The maximum atomic E-state index is 13.6. The standard InChI is InChI=1S/C28H29N3O6/c1-5-28(36)18-9-21-24-16(10-31(21)26(34)17(18)11-37-27(28)35)23-19(30-25(33)14(4)32)7-6-15-13(3)12(2)8-20(29-24)22(15)23/h8-9,14,19,32,36H,5-7,10-11H2,1-4H3,(H,30,33)/t14?,19-,28+/m1/s1. The van der Waals surface area contributed by atoms with Crippen LogP contribution in [0.25, 0.3) is 22.3 Å². The molecule has 2 aliphatic heterocycles. The van der Waals surface area contributed by atoms with Crippen molar-refractivity contribution in [1.29, 1.82) is 0 Å². The number of nitrogens with one attached hydrogen (secondary N) is 1. The number of benzene rings is 1. The number of rotatable bonds is 3. The number of cyclic esters (lactones) is 1. The van der Waals surface area contributed by atoms with Gasteiger partial charge in [0.25, 0.3) is 5.56 Å². The largest absolute Gasteiger partial charge is 0.458 e. The van der Waals surface area contributed by atoms with Crippen LogP contribution >= 0.6 is 0 Å². The minimum atomic E-state index is -1.90. The zero-order valence-corrected chi connectivity index (χ0v) is 21.3. The van der Waals surface area contributed by atoms with Crippen molar-refractivity contribution < 1.29 is 24.5 Å². The van der Waals surface area contributed by atoms with Gasteiger partial charge in [0.1, 0.15) is 12.7 Å². The van der Waals surface area contributed by atoms with E-state index in [0.29, 0.717) is 17.8 Å². The number of hydrogen-bond acceptors (Lipinski definition) is 7. The highest BCUT2D eigenvalue weighted by molar-refractivity contribution is 5.94. The second kappa shape index (κ2) is 7.97. The number of carbonyl (C=O) groups excluding carboxylic acids is 2. The van der Waals surface area contributed by atoms with Gasteiger partial charge in [0.15, 0.2) is 5.60 Å². The van der Waals surface area contributed by atoms with Crippen molar-refractivity contribution in [2.24, 2.45) is 0 Å². The molecule has 3 aromatic rings. The van der Waals surface area contributed by atoms with Crippen molar-refractivity contribution >= 4 is 22.8 Å². The van der Waals surface area contributed by atoms with Gasteiger partial charge in [-0.05, 0) is 74.4 Å². The molecule has 0 spiro atoms. The first-order chi connectivity index (χ1) is 17.6. The Bertz CT molecular complexity index is 1600. The fourth-order valence-corrected chi connectivity index (χ4v) is 6.17. The summed E-state index contributed by atoms with van der Waals surface area (Å²) in [5.41, 5.74) is 5.44. The highest BCUT2D eigenvalue weighted by Crippen LogP contribution is 2.46. The fraction of sp³-hybridized carbons (Fsp3) is 0.429. The van der Waals surface area contributed by atoms with E-state index in [-0.39, 0.29) is 42.3 Å². The zero-order chi connectivity index (χ0) is 26.4. The number of aliphatic hydroxyl groups is 2. The smallest absolute Gasteiger partial charge is 0.343 e. The first kappa shape index (κ1) is 23.8. The van der Waals surface area contributed by atoms with Gasteiger partial charge in [-0.1, -0.05) is 6.92 Å². The molecule has 1 unspecified atom stereocenters. The number of aryl methyl sites for hydroxylation is 2. The molecule has 6 rings (SSSR count). The molecule has 0 fully saturated rings. The number of hydrogen-bond donors (Lipinski definition) is 3. The zero-order valence-electron chi connectivity index (χ0n) is 21.3. The van der Waals surface area contributed by atoms with Gasteiger partial charge in [-0.25, -0.2) is 9.78 Å². The Hall–Kier alpha value is -3.56. The van der Waals surface area contributed by atoms with Crippen molar-refractivity contribution in [3.8, 4) is 11.4 Å². The predicted molar refractivity (Wildman–Crippen MR) is 135 cm³/mol. The third-order valence-corrected chi connectivity index (χ3v) is 8.40. The summed E-state index contributed by atoms with van der Waals surface area (Å²) in [6.45, 7) is 7.30. The van der Waals surface area contributed by atoms with E-state index in [4.69, 9.17) is 9.72 Å². The van der Waals surface area contributed by atoms with Crippen LogP contribution in [-0.2, 0) is 39.5 Å². The van der Waals surface area contributed by atoms with Crippen LogP contribution in [0.2, 0.25) is 0 Å². The second-order valence-corrected chi connectivity index (χ2v) is 10.4. The average Bonchev–Trinajstić information content (AvgIpc) is 3.24. The maximum absolute atomic E-state index is 13.6. The lowest BCUT2D eigenvalue weighted by molar-refractivity contribution is -0.172. The number of carbonyl (C=O) groups is 2. The van der Waals surface area contributed by atoms with E-state index in [9.17, 15) is 24.6 Å². The summed E-state index contributed by atoms with van der Waals surface area (Å²) < 4.78 is 6.80. The SMILES string of the molecule is CC[C@@]1(O)C(=O)OCc2c1cc1n(c2=O)Cc2c-1nc1cc(C)c(C)c3c1c2[C@H](NC(=O)C(C)O)CC3. The van der Waals surface area contributed by atoms with Gasteiger partial charge in [-0.2, -0.15) is 0 Å². The number of aromatic nitrogens is 2. The number of fused-ring (bicyclic) bond motifs is 5. The third kappa shape index (κ3) is 3.17. The van der Waals surface area contributed by atoms with E-state index in [1.165, 1.54) is 18.1 Å². The number of ether oxygens (including phenoxy) is 1. The first-order valence-corrected chi connectivity index (χ1v) is 12.7. The molecule has 1 aliphatic carbocycles. The molecule has 3 N–H and O–H groups in total. The predicted octanol–water partition coefficient (Wildman–Crippen LogP) is 2.18. The van der Waals surface area contributed by atoms with E-state index < -0.39 is 23.6 Å². The second-order valence-electron chi connectivity index (χ2n) is 10.4. The quantitative estimate of drug-likeness (QED) is 0.365. The van der Waals surface area contributed by atoms with E-state index >= 15 is 0 Å². The van der Waals surface area contributed by atoms with Crippen LogP contribution in [0.4, 0.5) is 0 Å². The molecule has 37 heavy (non-hydrogen) atoms. The van der Waals surface area contributed by atoms with Crippen LogP contribution in [0.1, 0.15) is 71.7 Å². The van der Waals surface area contributed by atoms with Gasteiger partial charge >= 0.3 is 5.97 Å². The highest BCUT2D eigenvalue weighted by Gasteiger charge is 2.46. The molecule has 3 aliphatic rings. The molecule has 0 radical (unpaired) electrons. The molecule has 0 saturated carbocycles. The van der Waals surface area contributed by atoms with Crippen LogP contribution in [0.3, 0.4) is 0 Å². The number of pyridine rings is 2. The molecule has 1 amide bonds. The van der Waals surface area contributed by atoms with E-state index in [0.717, 1.165) is 34.0 Å². The molecule has 1 aromatic carbocycles. The Kier molecular flexibility index (Phi) is 5.13. The van der Waals surface area contributed by atoms with Gasteiger partial charge in [-0.15, -0.1) is 0 Å². The van der Waals surface area contributed by atoms with Crippen molar-refractivity contribution in [3.63, 3.8) is 0 Å². The molecule has 2 aromatic heterocycles. The van der Waals surface area contributed by atoms with Crippen molar-refractivity contribution in [3.05, 3.63) is 61.4 Å². The van der Waals surface area contributed by atoms with Crippen molar-refractivity contribution in [2.45, 2.75) is 77.9 Å². The van der Waals surface area contributed by atoms with Crippen LogP contribution < -0.4 is 10.9 Å². The minimum Gasteiger partial charge on any atom is -0.458 e. The van der Waals surface area contributed by atoms with Gasteiger partial charge in [0, 0.05) is 16.5 Å². The Balaban J connectivity index is 1.65. The Labute approximate surface area is 213 Å². The number of nitrogens with zero attached hydrogens (tertiary/aromatic N) is 2. The lowest BCUT2D eigenvalue weighted by Crippen LogP contribution is -2.44. The minimum absolute atomic E-state index is 0.0697. The molecule has 3 atom stereocenters. The van der Waals surface area contributed by atoms with E-state index in [1.807, 2.05) is 13.0 Å². The van der Waals surface area contributed by atoms with Crippen LogP contribution in [0.15, 0.2) is 16.9 Å². The maximum Gasteiger partial charge on any atom is 0.343 e. The molecule has 0 bridgehead atoms. The number of amides is 1. The average molecular weight is 504 g/mol. The first-order valence-electron chi connectivity index (χ1n) is 12.7. The highest BCUT2D eigenvalue weighted by atomic mass is 16.6. The summed E-state index contributed by atoms with van der Waals surface area (Å²) in [4.78, 5) is 43.7. The van der Waals surface area contributed by atoms with Crippen molar-refractivity contribution in [2.75, 3.05) is 0 Å². The normalized spacial score (nSPS) is 22.2. The van der Waals surface area contributed by atoms with Crippen molar-refractivity contribution in [1.82, 2.24) is 14.9 Å². The van der Waals surface area contributed by atoms with Gasteiger partial charge in [0.2, 0.25) is 5.91 Å². The van der Waals surface area contributed by atoms with Gasteiger partial charge < -0.3 is 24.8 Å².